The Morgan fingerprint density at radius 1 is 1.26 bits per heavy atom. The number of rotatable bonds is 6. The molecule has 2 rings (SSSR count). The Kier molecular flexibility index (Phi) is 6.16. The van der Waals surface area contributed by atoms with Crippen molar-refractivity contribution in [1.29, 1.82) is 0 Å². The lowest BCUT2D eigenvalue weighted by Crippen LogP contribution is -2.50. The number of carbonyl (C=O) groups is 2. The summed E-state index contributed by atoms with van der Waals surface area (Å²) in [5.74, 6) is -0.374. The topological polar surface area (TPSA) is 67.4 Å². The largest absolute Gasteiger partial charge is 0.376 e. The van der Waals surface area contributed by atoms with E-state index in [1.807, 2.05) is 32.9 Å². The van der Waals surface area contributed by atoms with Gasteiger partial charge in [0.1, 0.15) is 6.04 Å². The summed E-state index contributed by atoms with van der Waals surface area (Å²) < 4.78 is 5.50. The predicted molar refractivity (Wildman–Crippen MR) is 89.3 cm³/mol. The molecule has 0 aromatic heterocycles. The monoisotopic (exact) mass is 318 g/mol. The van der Waals surface area contributed by atoms with E-state index in [0.29, 0.717) is 12.1 Å². The lowest BCUT2D eigenvalue weighted by Gasteiger charge is -2.22. The normalized spacial score (nSPS) is 18.7. The molecule has 1 heterocycles. The minimum absolute atomic E-state index is 0.00824. The Morgan fingerprint density at radius 2 is 1.96 bits per heavy atom. The number of carbonyl (C=O) groups excluding carboxylic acids is 2. The SMILES string of the molecule is Cc1ccc(C(=O)NC(C(=O)NCC2CCCO2)C(C)C)cc1. The maximum absolute atomic E-state index is 12.4. The zero-order valence-electron chi connectivity index (χ0n) is 14.1. The van der Waals surface area contributed by atoms with Gasteiger partial charge in [-0.25, -0.2) is 0 Å². The van der Waals surface area contributed by atoms with Crippen LogP contribution < -0.4 is 10.6 Å². The van der Waals surface area contributed by atoms with Crippen LogP contribution in [0.4, 0.5) is 0 Å². The van der Waals surface area contributed by atoms with E-state index in [2.05, 4.69) is 10.6 Å². The Labute approximate surface area is 137 Å². The summed E-state index contributed by atoms with van der Waals surface area (Å²) in [6, 6.07) is 6.76. The van der Waals surface area contributed by atoms with Crippen molar-refractivity contribution in [2.75, 3.05) is 13.2 Å². The van der Waals surface area contributed by atoms with Crippen LogP contribution in [0.2, 0.25) is 0 Å². The third kappa shape index (κ3) is 5.06. The molecule has 1 aliphatic heterocycles. The van der Waals surface area contributed by atoms with Crippen molar-refractivity contribution >= 4 is 11.8 Å². The van der Waals surface area contributed by atoms with Gasteiger partial charge in [0.25, 0.3) is 5.91 Å². The Hall–Kier alpha value is -1.88. The number of aryl methyl sites for hydroxylation is 1. The van der Waals surface area contributed by atoms with Crippen molar-refractivity contribution in [3.8, 4) is 0 Å². The average Bonchev–Trinajstić information content (AvgIpc) is 3.03. The van der Waals surface area contributed by atoms with Gasteiger partial charge in [0, 0.05) is 18.7 Å². The third-order valence-corrected chi connectivity index (χ3v) is 4.08. The summed E-state index contributed by atoms with van der Waals surface area (Å²) in [4.78, 5) is 24.7. The molecular weight excluding hydrogens is 292 g/mol. The maximum atomic E-state index is 12.4. The lowest BCUT2D eigenvalue weighted by atomic mass is 10.0. The molecule has 0 bridgehead atoms. The number of ether oxygens (including phenoxy) is 1. The number of benzene rings is 1. The van der Waals surface area contributed by atoms with Crippen molar-refractivity contribution < 1.29 is 14.3 Å². The molecule has 23 heavy (non-hydrogen) atoms. The summed E-state index contributed by atoms with van der Waals surface area (Å²) >= 11 is 0. The molecule has 5 nitrogen and oxygen atoms in total. The first-order valence-electron chi connectivity index (χ1n) is 8.24. The van der Waals surface area contributed by atoms with Crippen LogP contribution in [0.5, 0.6) is 0 Å². The van der Waals surface area contributed by atoms with E-state index in [4.69, 9.17) is 4.74 Å². The van der Waals surface area contributed by atoms with E-state index in [0.717, 1.165) is 25.0 Å². The van der Waals surface area contributed by atoms with Crippen LogP contribution in [-0.2, 0) is 9.53 Å². The van der Waals surface area contributed by atoms with Crippen molar-refractivity contribution in [1.82, 2.24) is 10.6 Å². The molecular formula is C18H26N2O3. The van der Waals surface area contributed by atoms with Gasteiger partial charge < -0.3 is 15.4 Å². The number of hydrogen-bond donors (Lipinski definition) is 2. The van der Waals surface area contributed by atoms with Gasteiger partial charge in [-0.05, 0) is 37.8 Å². The molecule has 2 unspecified atom stereocenters. The quantitative estimate of drug-likeness (QED) is 0.843. The maximum Gasteiger partial charge on any atom is 0.251 e. The molecule has 5 heteroatoms. The standard InChI is InChI=1S/C18H26N2O3/c1-12(2)16(18(22)19-11-15-5-4-10-23-15)20-17(21)14-8-6-13(3)7-9-14/h6-9,12,15-16H,4-5,10-11H2,1-3H3,(H,19,22)(H,20,21). The van der Waals surface area contributed by atoms with Crippen molar-refractivity contribution in [2.24, 2.45) is 5.92 Å². The minimum Gasteiger partial charge on any atom is -0.376 e. The molecule has 0 spiro atoms. The molecule has 2 atom stereocenters. The molecule has 1 fully saturated rings. The molecule has 1 aromatic carbocycles. The highest BCUT2D eigenvalue weighted by atomic mass is 16.5. The second-order valence-electron chi connectivity index (χ2n) is 6.44. The van der Waals surface area contributed by atoms with Crippen LogP contribution in [0.25, 0.3) is 0 Å². The highest BCUT2D eigenvalue weighted by molar-refractivity contribution is 5.97. The van der Waals surface area contributed by atoms with Crippen molar-refractivity contribution in [3.05, 3.63) is 35.4 Å². The van der Waals surface area contributed by atoms with Gasteiger partial charge in [0.2, 0.25) is 5.91 Å². The average molecular weight is 318 g/mol. The second kappa shape index (κ2) is 8.11. The van der Waals surface area contributed by atoms with Crippen LogP contribution in [0, 0.1) is 12.8 Å². The molecule has 1 aromatic rings. The van der Waals surface area contributed by atoms with Crippen LogP contribution in [0.15, 0.2) is 24.3 Å². The van der Waals surface area contributed by atoms with Gasteiger partial charge in [-0.3, -0.25) is 9.59 Å². The zero-order chi connectivity index (χ0) is 16.8. The fourth-order valence-corrected chi connectivity index (χ4v) is 2.59. The van der Waals surface area contributed by atoms with Crippen LogP contribution >= 0.6 is 0 Å². The Bertz CT molecular complexity index is 534. The summed E-state index contributed by atoms with van der Waals surface area (Å²) in [6.45, 7) is 7.08. The summed E-state index contributed by atoms with van der Waals surface area (Å²) in [6.07, 6.45) is 2.11. The van der Waals surface area contributed by atoms with E-state index in [-0.39, 0.29) is 23.8 Å². The van der Waals surface area contributed by atoms with Gasteiger partial charge in [-0.1, -0.05) is 31.5 Å². The second-order valence-corrected chi connectivity index (χ2v) is 6.44. The predicted octanol–water partition coefficient (Wildman–Crippen LogP) is 2.04. The molecule has 0 saturated carbocycles. The molecule has 1 saturated heterocycles. The van der Waals surface area contributed by atoms with Gasteiger partial charge in [-0.15, -0.1) is 0 Å². The molecule has 2 amide bonds. The van der Waals surface area contributed by atoms with E-state index in [1.54, 1.807) is 12.1 Å². The Morgan fingerprint density at radius 3 is 2.52 bits per heavy atom. The highest BCUT2D eigenvalue weighted by Crippen LogP contribution is 2.11. The number of amides is 2. The van der Waals surface area contributed by atoms with E-state index in [1.165, 1.54) is 0 Å². The third-order valence-electron chi connectivity index (χ3n) is 4.08. The first kappa shape index (κ1) is 17.5. The van der Waals surface area contributed by atoms with Gasteiger partial charge >= 0.3 is 0 Å². The van der Waals surface area contributed by atoms with Crippen LogP contribution in [-0.4, -0.2) is 37.1 Å². The van der Waals surface area contributed by atoms with Gasteiger partial charge in [0.15, 0.2) is 0 Å². The Balaban J connectivity index is 1.92. The van der Waals surface area contributed by atoms with Crippen LogP contribution in [0.1, 0.15) is 42.6 Å². The molecule has 2 N–H and O–H groups in total. The molecule has 0 radical (unpaired) electrons. The fourth-order valence-electron chi connectivity index (χ4n) is 2.59. The summed E-state index contributed by atoms with van der Waals surface area (Å²) in [5, 5.41) is 5.73. The van der Waals surface area contributed by atoms with Crippen molar-refractivity contribution in [2.45, 2.75) is 45.8 Å². The number of nitrogens with one attached hydrogen (secondary N) is 2. The number of hydrogen-bond acceptors (Lipinski definition) is 3. The van der Waals surface area contributed by atoms with E-state index in [9.17, 15) is 9.59 Å². The zero-order valence-corrected chi connectivity index (χ0v) is 14.1. The lowest BCUT2D eigenvalue weighted by molar-refractivity contribution is -0.124. The van der Waals surface area contributed by atoms with Gasteiger partial charge in [0.05, 0.1) is 6.10 Å². The van der Waals surface area contributed by atoms with Crippen LogP contribution in [0.3, 0.4) is 0 Å². The van der Waals surface area contributed by atoms with E-state index >= 15 is 0 Å². The van der Waals surface area contributed by atoms with Gasteiger partial charge in [-0.2, -0.15) is 0 Å². The van der Waals surface area contributed by atoms with Crippen molar-refractivity contribution in [3.63, 3.8) is 0 Å². The smallest absolute Gasteiger partial charge is 0.251 e. The first-order chi connectivity index (χ1) is 11.0. The summed E-state index contributed by atoms with van der Waals surface area (Å²) in [5.41, 5.74) is 1.66. The van der Waals surface area contributed by atoms with E-state index < -0.39 is 6.04 Å². The minimum atomic E-state index is -0.551. The fraction of sp³-hybridized carbons (Fsp3) is 0.556. The summed E-state index contributed by atoms with van der Waals surface area (Å²) in [7, 11) is 0. The molecule has 0 aliphatic carbocycles. The highest BCUT2D eigenvalue weighted by Gasteiger charge is 2.26. The molecule has 126 valence electrons. The first-order valence-corrected chi connectivity index (χ1v) is 8.24. The molecule has 1 aliphatic rings.